The van der Waals surface area contributed by atoms with Crippen LogP contribution in [-0.2, 0) is 4.79 Å². The molecule has 33 heavy (non-hydrogen) atoms. The van der Waals surface area contributed by atoms with Crippen molar-refractivity contribution >= 4 is 33.8 Å². The number of amides is 1. The fourth-order valence-corrected chi connectivity index (χ4v) is 3.50. The van der Waals surface area contributed by atoms with Crippen molar-refractivity contribution in [3.05, 3.63) is 77.0 Å². The summed E-state index contributed by atoms with van der Waals surface area (Å²) < 4.78 is 26.1. The average molecular weight is 448 g/mol. The number of fused-ring (bicyclic) bond motifs is 1. The number of nitriles is 1. The predicted octanol–water partition coefficient (Wildman–Crippen LogP) is 5.77. The molecule has 0 atom stereocenters. The maximum absolute atomic E-state index is 13.0. The highest BCUT2D eigenvalue weighted by Crippen LogP contribution is 2.40. The number of nitrogens with zero attached hydrogens (tertiary/aromatic N) is 3. The van der Waals surface area contributed by atoms with E-state index in [1.54, 1.807) is 18.2 Å². The maximum Gasteiger partial charge on any atom is 0.297 e. The number of benzene rings is 1. The highest BCUT2D eigenvalue weighted by atomic mass is 19.3. The van der Waals surface area contributed by atoms with Crippen LogP contribution in [0.25, 0.3) is 16.3 Å². The molecule has 0 saturated heterocycles. The summed E-state index contributed by atoms with van der Waals surface area (Å²) in [6.45, 7) is 9.52. The lowest BCUT2D eigenvalue weighted by Gasteiger charge is -2.13. The number of alkyl halides is 2. The molecule has 1 aliphatic rings. The zero-order chi connectivity index (χ0) is 24.3. The molecular formula is C25H22F2N4O2. The number of allylic oxidation sites excluding steroid dienone is 6. The number of pyridine rings is 1. The number of anilines is 1. The summed E-state index contributed by atoms with van der Waals surface area (Å²) in [7, 11) is 0. The number of aromatic nitrogens is 1. The van der Waals surface area contributed by atoms with Gasteiger partial charge in [0.25, 0.3) is 11.8 Å². The number of oxime groups is 1. The van der Waals surface area contributed by atoms with Crippen molar-refractivity contribution in [2.75, 3.05) is 5.32 Å². The maximum atomic E-state index is 13.0. The first-order valence-corrected chi connectivity index (χ1v) is 10.2. The zero-order valence-corrected chi connectivity index (χ0v) is 18.4. The molecule has 0 radical (unpaired) electrons. The summed E-state index contributed by atoms with van der Waals surface area (Å²) in [4.78, 5) is 16.0. The topological polar surface area (TPSA) is 98.4 Å². The van der Waals surface area contributed by atoms with E-state index in [2.05, 4.69) is 28.1 Å². The van der Waals surface area contributed by atoms with Crippen LogP contribution in [0.5, 0.6) is 0 Å². The van der Waals surface area contributed by atoms with Gasteiger partial charge in [-0.3, -0.25) is 4.79 Å². The van der Waals surface area contributed by atoms with E-state index in [1.807, 2.05) is 26.8 Å². The molecule has 168 valence electrons. The number of rotatable bonds is 7. The third-order valence-corrected chi connectivity index (χ3v) is 5.29. The molecule has 0 unspecified atom stereocenters. The van der Waals surface area contributed by atoms with E-state index in [9.17, 15) is 18.8 Å². The van der Waals surface area contributed by atoms with Crippen molar-refractivity contribution < 1.29 is 18.8 Å². The predicted molar refractivity (Wildman–Crippen MR) is 124 cm³/mol. The van der Waals surface area contributed by atoms with Crippen LogP contribution in [-0.4, -0.2) is 27.7 Å². The van der Waals surface area contributed by atoms with E-state index in [-0.39, 0.29) is 5.82 Å². The molecule has 0 saturated carbocycles. The standard InChI is InChI=1S/C25H22F2N4O2/c1-5-19(14(3)7-15(4)22(6-2)31-33)20-9-18-13-29-23(10-16(18)8-17(20)12-28)30-24(32)21-11-25(21,26)27/h5,7-11,13,33H,4,6H2,1-3H3,(H,29,30,32)/b14-7-,19-5+,31-22-. The summed E-state index contributed by atoms with van der Waals surface area (Å²) in [5.41, 5.74) is 3.12. The van der Waals surface area contributed by atoms with Crippen LogP contribution < -0.4 is 5.32 Å². The molecule has 0 aliphatic heterocycles. The van der Waals surface area contributed by atoms with E-state index in [4.69, 9.17) is 5.21 Å². The van der Waals surface area contributed by atoms with Gasteiger partial charge >= 0.3 is 0 Å². The second-order valence-electron chi connectivity index (χ2n) is 7.52. The lowest BCUT2D eigenvalue weighted by Crippen LogP contribution is -2.15. The van der Waals surface area contributed by atoms with Gasteiger partial charge in [0, 0.05) is 23.2 Å². The SMILES string of the molecule is C=C(/C=C(C)\C(=C/C)c1cc2cnc(NC(=O)C3=CC3(F)F)cc2cc1C#N)/C(CC)=N\O. The quantitative estimate of drug-likeness (QED) is 0.243. The van der Waals surface area contributed by atoms with Gasteiger partial charge in [-0.1, -0.05) is 30.8 Å². The molecule has 1 aromatic heterocycles. The van der Waals surface area contributed by atoms with E-state index in [0.29, 0.717) is 45.7 Å². The van der Waals surface area contributed by atoms with Crippen molar-refractivity contribution in [3.8, 4) is 6.07 Å². The Hall–Kier alpha value is -4.12. The Morgan fingerprint density at radius 1 is 1.36 bits per heavy atom. The third-order valence-electron chi connectivity index (χ3n) is 5.29. The van der Waals surface area contributed by atoms with Gasteiger partial charge in [-0.15, -0.1) is 0 Å². The van der Waals surface area contributed by atoms with Crippen molar-refractivity contribution in [1.29, 1.82) is 5.26 Å². The Morgan fingerprint density at radius 3 is 2.61 bits per heavy atom. The molecule has 2 N–H and O–H groups in total. The largest absolute Gasteiger partial charge is 0.411 e. The first-order chi connectivity index (χ1) is 15.6. The summed E-state index contributed by atoms with van der Waals surface area (Å²) in [5, 5.41) is 25.8. The highest BCUT2D eigenvalue weighted by molar-refractivity contribution is 6.09. The fraction of sp³-hybridized carbons (Fsp3) is 0.200. The molecular weight excluding hydrogens is 426 g/mol. The second-order valence-corrected chi connectivity index (χ2v) is 7.52. The van der Waals surface area contributed by atoms with Crippen molar-refractivity contribution in [2.24, 2.45) is 5.16 Å². The van der Waals surface area contributed by atoms with E-state index in [0.717, 1.165) is 11.1 Å². The number of halogens is 2. The first kappa shape index (κ1) is 23.5. The van der Waals surface area contributed by atoms with Crippen molar-refractivity contribution in [1.82, 2.24) is 4.98 Å². The van der Waals surface area contributed by atoms with Crippen LogP contribution in [0.2, 0.25) is 0 Å². The van der Waals surface area contributed by atoms with Gasteiger partial charge < -0.3 is 10.5 Å². The van der Waals surface area contributed by atoms with E-state index < -0.39 is 17.4 Å². The molecule has 1 amide bonds. The van der Waals surface area contributed by atoms with Crippen LogP contribution in [0.15, 0.2) is 71.1 Å². The third kappa shape index (κ3) is 4.88. The van der Waals surface area contributed by atoms with E-state index >= 15 is 0 Å². The summed E-state index contributed by atoms with van der Waals surface area (Å²) in [6.07, 6.45) is 6.27. The van der Waals surface area contributed by atoms with Crippen molar-refractivity contribution in [3.63, 3.8) is 0 Å². The average Bonchev–Trinajstić information content (AvgIpc) is 3.43. The Labute approximate surface area is 189 Å². The van der Waals surface area contributed by atoms with Crippen LogP contribution in [0, 0.1) is 11.3 Å². The van der Waals surface area contributed by atoms with Crippen LogP contribution in [0.1, 0.15) is 38.3 Å². The first-order valence-electron chi connectivity index (χ1n) is 10.2. The van der Waals surface area contributed by atoms with Gasteiger partial charge in [-0.05, 0) is 60.6 Å². The minimum absolute atomic E-state index is 0.113. The lowest BCUT2D eigenvalue weighted by molar-refractivity contribution is -0.113. The van der Waals surface area contributed by atoms with Gasteiger partial charge in [0.15, 0.2) is 0 Å². The molecule has 8 heteroatoms. The number of carbonyl (C=O) groups is 1. The summed E-state index contributed by atoms with van der Waals surface area (Å²) in [5.74, 6) is -3.95. The number of carbonyl (C=O) groups excluding carboxylic acids is 1. The normalized spacial score (nSPS) is 15.6. The molecule has 1 aliphatic carbocycles. The molecule has 2 aromatic rings. The van der Waals surface area contributed by atoms with Crippen LogP contribution in [0.3, 0.4) is 0 Å². The molecule has 6 nitrogen and oxygen atoms in total. The van der Waals surface area contributed by atoms with Gasteiger partial charge in [-0.2, -0.15) is 14.0 Å². The number of nitrogens with one attached hydrogen (secondary N) is 1. The fourth-order valence-electron chi connectivity index (χ4n) is 3.50. The number of hydrogen-bond acceptors (Lipinski definition) is 5. The van der Waals surface area contributed by atoms with Gasteiger partial charge in [0.2, 0.25) is 0 Å². The lowest BCUT2D eigenvalue weighted by atomic mass is 9.91. The monoisotopic (exact) mass is 448 g/mol. The Kier molecular flexibility index (Phi) is 6.54. The zero-order valence-electron chi connectivity index (χ0n) is 18.4. The molecule has 0 spiro atoms. The second kappa shape index (κ2) is 9.17. The molecule has 1 heterocycles. The van der Waals surface area contributed by atoms with Gasteiger partial charge in [0.05, 0.1) is 22.9 Å². The Balaban J connectivity index is 1.96. The minimum atomic E-state index is -3.16. The summed E-state index contributed by atoms with van der Waals surface area (Å²) in [6, 6.07) is 7.18. The summed E-state index contributed by atoms with van der Waals surface area (Å²) >= 11 is 0. The van der Waals surface area contributed by atoms with Crippen molar-refractivity contribution in [2.45, 2.75) is 33.1 Å². The van der Waals surface area contributed by atoms with Gasteiger partial charge in [0.1, 0.15) is 5.82 Å². The number of hydrogen-bond donors (Lipinski definition) is 2. The van der Waals surface area contributed by atoms with Crippen LogP contribution in [0.4, 0.5) is 14.6 Å². The Bertz CT molecular complexity index is 1330. The highest BCUT2D eigenvalue weighted by Gasteiger charge is 2.50. The molecule has 3 rings (SSSR count). The molecule has 0 bridgehead atoms. The van der Waals surface area contributed by atoms with E-state index in [1.165, 1.54) is 12.3 Å². The minimum Gasteiger partial charge on any atom is -0.411 e. The Morgan fingerprint density at radius 2 is 2.06 bits per heavy atom. The van der Waals surface area contributed by atoms with Gasteiger partial charge in [-0.25, -0.2) is 4.98 Å². The van der Waals surface area contributed by atoms with Crippen LogP contribution >= 0.6 is 0 Å². The molecule has 1 aromatic carbocycles. The molecule has 0 fully saturated rings. The smallest absolute Gasteiger partial charge is 0.297 e.